The van der Waals surface area contributed by atoms with Crippen LogP contribution in [-0.2, 0) is 23.9 Å². The minimum absolute atomic E-state index is 0.0622. The molecule has 1 aliphatic rings. The van der Waals surface area contributed by atoms with Crippen LogP contribution in [0.4, 0.5) is 11.4 Å². The molecule has 10 heteroatoms. The first-order valence-electron chi connectivity index (χ1n) is 6.90. The third-order valence-corrected chi connectivity index (χ3v) is 3.17. The van der Waals surface area contributed by atoms with Gasteiger partial charge in [0.05, 0.1) is 4.92 Å². The zero-order valence-corrected chi connectivity index (χ0v) is 12.4. The lowest BCUT2D eigenvalue weighted by Crippen LogP contribution is -2.36. The van der Waals surface area contributed by atoms with Gasteiger partial charge in [0.15, 0.2) is 6.61 Å². The van der Waals surface area contributed by atoms with Crippen LogP contribution in [0.25, 0.3) is 0 Å². The van der Waals surface area contributed by atoms with E-state index < -0.39 is 41.8 Å². The second-order valence-corrected chi connectivity index (χ2v) is 4.89. The van der Waals surface area contributed by atoms with Crippen molar-refractivity contribution >= 4 is 35.1 Å². The summed E-state index contributed by atoms with van der Waals surface area (Å²) in [5, 5.41) is 12.9. The molecule has 0 saturated carbocycles. The molecule has 0 bridgehead atoms. The van der Waals surface area contributed by atoms with Gasteiger partial charge < -0.3 is 10.1 Å². The van der Waals surface area contributed by atoms with Gasteiger partial charge in [-0.3, -0.25) is 34.2 Å². The van der Waals surface area contributed by atoms with Gasteiger partial charge in [0.2, 0.25) is 11.8 Å². The molecule has 1 N–H and O–H groups in total. The Hall–Kier alpha value is -3.30. The molecule has 10 nitrogen and oxygen atoms in total. The van der Waals surface area contributed by atoms with Gasteiger partial charge >= 0.3 is 5.97 Å². The maximum absolute atomic E-state index is 11.6. The Labute approximate surface area is 135 Å². The molecule has 2 rings (SSSR count). The lowest BCUT2D eigenvalue weighted by Gasteiger charge is -2.12. The standard InChI is InChI=1S/C14H13N3O7/c18-11(15-9-1-3-10(4-2-9)17(22)23)8-24-14(21)7-16-12(19)5-6-13(16)20/h1-4H,5-8H2,(H,15,18). The van der Waals surface area contributed by atoms with Crippen LogP contribution < -0.4 is 5.32 Å². The molecule has 0 unspecified atom stereocenters. The summed E-state index contributed by atoms with van der Waals surface area (Å²) in [5.41, 5.74) is 0.172. The van der Waals surface area contributed by atoms with E-state index in [4.69, 9.17) is 4.74 Å². The molecule has 0 radical (unpaired) electrons. The van der Waals surface area contributed by atoms with Crippen LogP contribution in [0.5, 0.6) is 0 Å². The largest absolute Gasteiger partial charge is 0.454 e. The number of nitrogens with one attached hydrogen (secondary N) is 1. The number of esters is 1. The number of nitro benzene ring substituents is 1. The number of ether oxygens (including phenoxy) is 1. The van der Waals surface area contributed by atoms with Gasteiger partial charge in [-0.05, 0) is 12.1 Å². The second kappa shape index (κ2) is 7.31. The van der Waals surface area contributed by atoms with Crippen LogP contribution in [0.1, 0.15) is 12.8 Å². The number of likely N-dealkylation sites (tertiary alicyclic amines) is 1. The fourth-order valence-electron chi connectivity index (χ4n) is 1.98. The first-order chi connectivity index (χ1) is 11.4. The molecular formula is C14H13N3O7. The van der Waals surface area contributed by atoms with E-state index in [9.17, 15) is 29.3 Å². The van der Waals surface area contributed by atoms with Crippen molar-refractivity contribution in [2.45, 2.75) is 12.8 Å². The Morgan fingerprint density at radius 1 is 1.17 bits per heavy atom. The summed E-state index contributed by atoms with van der Waals surface area (Å²) >= 11 is 0. The molecule has 0 spiro atoms. The van der Waals surface area contributed by atoms with Crippen molar-refractivity contribution in [3.8, 4) is 0 Å². The highest BCUT2D eigenvalue weighted by molar-refractivity contribution is 6.04. The molecule has 1 aliphatic heterocycles. The van der Waals surface area contributed by atoms with Crippen molar-refractivity contribution in [2.75, 3.05) is 18.5 Å². The molecule has 126 valence electrons. The van der Waals surface area contributed by atoms with Crippen molar-refractivity contribution in [2.24, 2.45) is 0 Å². The van der Waals surface area contributed by atoms with Crippen LogP contribution in [0.15, 0.2) is 24.3 Å². The average molecular weight is 335 g/mol. The number of hydrogen-bond donors (Lipinski definition) is 1. The highest BCUT2D eigenvalue weighted by Gasteiger charge is 2.31. The van der Waals surface area contributed by atoms with Gasteiger partial charge in [0.1, 0.15) is 6.54 Å². The molecule has 1 aromatic rings. The molecule has 0 aliphatic carbocycles. The van der Waals surface area contributed by atoms with Gasteiger partial charge in [0, 0.05) is 30.7 Å². The number of anilines is 1. The van der Waals surface area contributed by atoms with E-state index >= 15 is 0 Å². The average Bonchev–Trinajstić information content (AvgIpc) is 2.85. The number of hydrogen-bond acceptors (Lipinski definition) is 7. The molecular weight excluding hydrogens is 322 g/mol. The van der Waals surface area contributed by atoms with E-state index in [1.54, 1.807) is 0 Å². The third kappa shape index (κ3) is 4.35. The summed E-state index contributed by atoms with van der Waals surface area (Å²) in [6.45, 7) is -1.13. The lowest BCUT2D eigenvalue weighted by molar-refractivity contribution is -0.384. The number of carbonyl (C=O) groups excluding carboxylic acids is 4. The SMILES string of the molecule is O=C(COC(=O)CN1C(=O)CCC1=O)Nc1ccc([N+](=O)[O-])cc1. The number of non-ortho nitro benzene ring substituents is 1. The predicted octanol–water partition coefficient (Wildman–Crippen LogP) is 0.225. The van der Waals surface area contributed by atoms with Gasteiger partial charge in [-0.25, -0.2) is 0 Å². The van der Waals surface area contributed by atoms with E-state index in [1.807, 2.05) is 0 Å². The number of nitrogens with zero attached hydrogens (tertiary/aromatic N) is 2. The van der Waals surface area contributed by atoms with E-state index in [2.05, 4.69) is 5.32 Å². The first kappa shape index (κ1) is 17.1. The fourth-order valence-corrected chi connectivity index (χ4v) is 1.98. The summed E-state index contributed by atoms with van der Waals surface area (Å²) < 4.78 is 4.69. The van der Waals surface area contributed by atoms with Crippen molar-refractivity contribution in [3.05, 3.63) is 34.4 Å². The van der Waals surface area contributed by atoms with Crippen molar-refractivity contribution in [1.82, 2.24) is 4.90 Å². The number of carbonyl (C=O) groups is 4. The number of nitro groups is 1. The minimum Gasteiger partial charge on any atom is -0.454 e. The quantitative estimate of drug-likeness (QED) is 0.340. The zero-order chi connectivity index (χ0) is 17.7. The highest BCUT2D eigenvalue weighted by atomic mass is 16.6. The van der Waals surface area contributed by atoms with E-state index in [1.165, 1.54) is 24.3 Å². The van der Waals surface area contributed by atoms with Crippen LogP contribution in [0.2, 0.25) is 0 Å². The molecule has 3 amide bonds. The van der Waals surface area contributed by atoms with E-state index in [-0.39, 0.29) is 18.5 Å². The molecule has 0 aromatic heterocycles. The molecule has 1 heterocycles. The maximum atomic E-state index is 11.6. The number of benzene rings is 1. The summed E-state index contributed by atoms with van der Waals surface area (Å²) in [6.07, 6.45) is 0.124. The summed E-state index contributed by atoms with van der Waals surface area (Å²) in [6, 6.07) is 5.09. The first-order valence-corrected chi connectivity index (χ1v) is 6.90. The molecule has 1 aromatic carbocycles. The molecule has 1 fully saturated rings. The number of rotatable bonds is 6. The Bertz CT molecular complexity index is 683. The predicted molar refractivity (Wildman–Crippen MR) is 78.6 cm³/mol. The summed E-state index contributed by atoms with van der Waals surface area (Å²) in [7, 11) is 0. The second-order valence-electron chi connectivity index (χ2n) is 4.89. The zero-order valence-electron chi connectivity index (χ0n) is 12.4. The van der Waals surface area contributed by atoms with E-state index in [0.717, 1.165) is 4.90 Å². The molecule has 24 heavy (non-hydrogen) atoms. The Morgan fingerprint density at radius 3 is 2.29 bits per heavy atom. The molecule has 1 saturated heterocycles. The topological polar surface area (TPSA) is 136 Å². The lowest BCUT2D eigenvalue weighted by atomic mass is 10.3. The van der Waals surface area contributed by atoms with Crippen molar-refractivity contribution < 1.29 is 28.8 Å². The smallest absolute Gasteiger partial charge is 0.326 e. The van der Waals surface area contributed by atoms with Crippen LogP contribution >= 0.6 is 0 Å². The van der Waals surface area contributed by atoms with Crippen LogP contribution in [0.3, 0.4) is 0 Å². The third-order valence-electron chi connectivity index (χ3n) is 3.17. The normalized spacial score (nSPS) is 13.8. The Morgan fingerprint density at radius 2 is 1.75 bits per heavy atom. The summed E-state index contributed by atoms with van der Waals surface area (Å²) in [5.74, 6) is -2.44. The van der Waals surface area contributed by atoms with Crippen molar-refractivity contribution in [3.63, 3.8) is 0 Å². The maximum Gasteiger partial charge on any atom is 0.326 e. The van der Waals surface area contributed by atoms with Crippen LogP contribution in [-0.4, -0.2) is 46.7 Å². The van der Waals surface area contributed by atoms with E-state index in [0.29, 0.717) is 5.69 Å². The summed E-state index contributed by atoms with van der Waals surface area (Å²) in [4.78, 5) is 56.6. The van der Waals surface area contributed by atoms with Gasteiger partial charge in [-0.15, -0.1) is 0 Å². The Balaban J connectivity index is 1.78. The van der Waals surface area contributed by atoms with Gasteiger partial charge in [0.25, 0.3) is 11.6 Å². The van der Waals surface area contributed by atoms with Gasteiger partial charge in [-0.1, -0.05) is 0 Å². The Kier molecular flexibility index (Phi) is 5.20. The van der Waals surface area contributed by atoms with Crippen molar-refractivity contribution in [1.29, 1.82) is 0 Å². The fraction of sp³-hybridized carbons (Fsp3) is 0.286. The number of imide groups is 1. The highest BCUT2D eigenvalue weighted by Crippen LogP contribution is 2.15. The minimum atomic E-state index is -0.877. The van der Waals surface area contributed by atoms with Crippen LogP contribution in [0, 0.1) is 10.1 Å². The van der Waals surface area contributed by atoms with Gasteiger partial charge in [-0.2, -0.15) is 0 Å². The monoisotopic (exact) mass is 335 g/mol. The number of amides is 3. The molecule has 0 atom stereocenters.